The number of anilines is 1. The molecule has 0 aromatic carbocycles. The van der Waals surface area contributed by atoms with E-state index >= 15 is 0 Å². The minimum atomic E-state index is -0.124. The van der Waals surface area contributed by atoms with Crippen LogP contribution in [0.4, 0.5) is 10.6 Å². The lowest BCUT2D eigenvalue weighted by molar-refractivity contribution is -0.130. The Bertz CT molecular complexity index is 545. The molecule has 2 rings (SSSR count). The molecule has 2 heterocycles. The van der Waals surface area contributed by atoms with Crippen molar-refractivity contribution in [2.24, 2.45) is 0 Å². The van der Waals surface area contributed by atoms with Crippen LogP contribution in [0.3, 0.4) is 0 Å². The molecule has 1 aliphatic heterocycles. The van der Waals surface area contributed by atoms with Crippen LogP contribution < -0.4 is 5.32 Å². The summed E-state index contributed by atoms with van der Waals surface area (Å²) >= 11 is 0. The van der Waals surface area contributed by atoms with Crippen molar-refractivity contribution in [3.8, 4) is 0 Å². The highest BCUT2D eigenvalue weighted by Crippen LogP contribution is 2.17. The van der Waals surface area contributed by atoms with Crippen LogP contribution in [-0.4, -0.2) is 52.9 Å². The van der Waals surface area contributed by atoms with E-state index in [0.717, 1.165) is 24.1 Å². The molecule has 1 N–H and O–H groups in total. The van der Waals surface area contributed by atoms with Gasteiger partial charge in [-0.15, -0.1) is 0 Å². The fraction of sp³-hybridized carbons (Fsp3) is 0.562. The molecule has 0 atom stereocenters. The Hall–Kier alpha value is -2.11. The van der Waals surface area contributed by atoms with Crippen LogP contribution in [0.1, 0.15) is 31.0 Å². The average Bonchev–Trinajstić information content (AvgIpc) is 2.45. The standard InChI is InChI=1S/C16H24N4O2/c1-11-9-12(2)17-15(10-11)18-16(22)20-7-5-14(6-8-20)19(4)13(3)21/h9-10,14H,5-8H2,1-4H3,(H,17,18,22). The molecule has 1 aliphatic rings. The van der Waals surface area contributed by atoms with Crippen LogP contribution in [0.2, 0.25) is 0 Å². The number of pyridine rings is 1. The zero-order chi connectivity index (χ0) is 16.3. The molecule has 0 aliphatic carbocycles. The lowest BCUT2D eigenvalue weighted by Crippen LogP contribution is -2.48. The summed E-state index contributed by atoms with van der Waals surface area (Å²) in [7, 11) is 1.82. The Morgan fingerprint density at radius 1 is 1.27 bits per heavy atom. The predicted molar refractivity (Wildman–Crippen MR) is 85.8 cm³/mol. The number of hydrogen-bond donors (Lipinski definition) is 1. The number of aromatic nitrogens is 1. The number of hydrogen-bond acceptors (Lipinski definition) is 3. The summed E-state index contributed by atoms with van der Waals surface area (Å²) in [6.07, 6.45) is 1.62. The minimum Gasteiger partial charge on any atom is -0.343 e. The molecule has 22 heavy (non-hydrogen) atoms. The summed E-state index contributed by atoms with van der Waals surface area (Å²) in [4.78, 5) is 31.6. The topological polar surface area (TPSA) is 65.5 Å². The first-order chi connectivity index (χ1) is 10.4. The lowest BCUT2D eigenvalue weighted by atomic mass is 10.0. The molecule has 1 fully saturated rings. The Balaban J connectivity index is 1.91. The molecule has 1 aromatic rings. The van der Waals surface area contributed by atoms with Crippen molar-refractivity contribution in [3.63, 3.8) is 0 Å². The Morgan fingerprint density at radius 3 is 2.45 bits per heavy atom. The van der Waals surface area contributed by atoms with Gasteiger partial charge >= 0.3 is 6.03 Å². The highest BCUT2D eigenvalue weighted by atomic mass is 16.2. The first kappa shape index (κ1) is 16.3. The molecule has 0 bridgehead atoms. The lowest BCUT2D eigenvalue weighted by Gasteiger charge is -2.36. The highest BCUT2D eigenvalue weighted by molar-refractivity contribution is 5.88. The maximum absolute atomic E-state index is 12.3. The smallest absolute Gasteiger partial charge is 0.323 e. The SMILES string of the molecule is CC(=O)N(C)C1CCN(C(=O)Nc2cc(C)cc(C)n2)CC1. The van der Waals surface area contributed by atoms with Gasteiger partial charge in [0, 0.05) is 38.8 Å². The van der Waals surface area contributed by atoms with E-state index < -0.39 is 0 Å². The van der Waals surface area contributed by atoms with Gasteiger partial charge in [-0.2, -0.15) is 0 Å². The number of nitrogens with one attached hydrogen (secondary N) is 1. The number of urea groups is 1. The summed E-state index contributed by atoms with van der Waals surface area (Å²) < 4.78 is 0. The molecular formula is C16H24N4O2. The van der Waals surface area contributed by atoms with E-state index in [1.807, 2.05) is 33.0 Å². The van der Waals surface area contributed by atoms with E-state index in [4.69, 9.17) is 0 Å². The number of rotatable bonds is 2. The Kier molecular flexibility index (Phi) is 5.00. The molecule has 1 saturated heterocycles. The monoisotopic (exact) mass is 304 g/mol. The van der Waals surface area contributed by atoms with Gasteiger partial charge < -0.3 is 9.80 Å². The van der Waals surface area contributed by atoms with Gasteiger partial charge in [-0.25, -0.2) is 9.78 Å². The maximum Gasteiger partial charge on any atom is 0.323 e. The number of piperidine rings is 1. The van der Waals surface area contributed by atoms with Crippen molar-refractivity contribution in [2.75, 3.05) is 25.5 Å². The Labute approximate surface area is 131 Å². The number of carbonyl (C=O) groups is 2. The van der Waals surface area contributed by atoms with Gasteiger partial charge in [0.25, 0.3) is 0 Å². The van der Waals surface area contributed by atoms with Gasteiger partial charge in [-0.05, 0) is 44.4 Å². The molecule has 6 heteroatoms. The van der Waals surface area contributed by atoms with Gasteiger partial charge in [0.1, 0.15) is 5.82 Å². The molecule has 3 amide bonds. The molecule has 6 nitrogen and oxygen atoms in total. The number of aryl methyl sites for hydroxylation is 2. The maximum atomic E-state index is 12.3. The average molecular weight is 304 g/mol. The van der Waals surface area contributed by atoms with Crippen molar-refractivity contribution in [2.45, 2.75) is 39.7 Å². The van der Waals surface area contributed by atoms with Crippen molar-refractivity contribution in [3.05, 3.63) is 23.4 Å². The van der Waals surface area contributed by atoms with E-state index in [-0.39, 0.29) is 18.0 Å². The van der Waals surface area contributed by atoms with Crippen molar-refractivity contribution >= 4 is 17.8 Å². The summed E-state index contributed by atoms with van der Waals surface area (Å²) in [5.41, 5.74) is 1.96. The van der Waals surface area contributed by atoms with Gasteiger partial charge in [-0.1, -0.05) is 0 Å². The van der Waals surface area contributed by atoms with E-state index in [0.29, 0.717) is 18.9 Å². The van der Waals surface area contributed by atoms with Crippen LogP contribution in [0.5, 0.6) is 0 Å². The van der Waals surface area contributed by atoms with Gasteiger partial charge in [0.05, 0.1) is 0 Å². The zero-order valence-electron chi connectivity index (χ0n) is 13.7. The van der Waals surface area contributed by atoms with Gasteiger partial charge in [0.2, 0.25) is 5.91 Å². The second-order valence-electron chi connectivity index (χ2n) is 5.95. The Morgan fingerprint density at radius 2 is 1.91 bits per heavy atom. The molecule has 120 valence electrons. The fourth-order valence-corrected chi connectivity index (χ4v) is 2.81. The van der Waals surface area contributed by atoms with E-state index in [9.17, 15) is 9.59 Å². The van der Waals surface area contributed by atoms with Crippen LogP contribution in [0.15, 0.2) is 12.1 Å². The summed E-state index contributed by atoms with van der Waals surface area (Å²) in [6, 6.07) is 3.93. The molecular weight excluding hydrogens is 280 g/mol. The molecule has 0 unspecified atom stereocenters. The third-order valence-corrected chi connectivity index (χ3v) is 4.13. The highest BCUT2D eigenvalue weighted by Gasteiger charge is 2.26. The third-order valence-electron chi connectivity index (χ3n) is 4.13. The van der Waals surface area contributed by atoms with Crippen LogP contribution in [0, 0.1) is 13.8 Å². The van der Waals surface area contributed by atoms with Crippen LogP contribution in [0.25, 0.3) is 0 Å². The summed E-state index contributed by atoms with van der Waals surface area (Å²) in [5, 5.41) is 2.86. The molecule has 0 spiro atoms. The van der Waals surface area contributed by atoms with E-state index in [1.165, 1.54) is 0 Å². The number of likely N-dealkylation sites (tertiary alicyclic amines) is 1. The largest absolute Gasteiger partial charge is 0.343 e. The second kappa shape index (κ2) is 6.77. The van der Waals surface area contributed by atoms with Gasteiger partial charge in [-0.3, -0.25) is 10.1 Å². The molecule has 0 saturated carbocycles. The first-order valence-electron chi connectivity index (χ1n) is 7.61. The third kappa shape index (κ3) is 3.96. The molecule has 0 radical (unpaired) electrons. The first-order valence-corrected chi connectivity index (χ1v) is 7.61. The van der Waals surface area contributed by atoms with Crippen molar-refractivity contribution in [1.82, 2.24) is 14.8 Å². The minimum absolute atomic E-state index is 0.0716. The summed E-state index contributed by atoms with van der Waals surface area (Å²) in [5.74, 6) is 0.660. The summed E-state index contributed by atoms with van der Waals surface area (Å²) in [6.45, 7) is 6.77. The second-order valence-corrected chi connectivity index (χ2v) is 5.95. The molecule has 1 aromatic heterocycles. The zero-order valence-corrected chi connectivity index (χ0v) is 13.7. The van der Waals surface area contributed by atoms with Crippen LogP contribution in [-0.2, 0) is 4.79 Å². The predicted octanol–water partition coefficient (Wildman–Crippen LogP) is 2.17. The number of nitrogens with zero attached hydrogens (tertiary/aromatic N) is 3. The van der Waals surface area contributed by atoms with E-state index in [2.05, 4.69) is 10.3 Å². The fourth-order valence-electron chi connectivity index (χ4n) is 2.81. The van der Waals surface area contributed by atoms with Crippen molar-refractivity contribution in [1.29, 1.82) is 0 Å². The quantitative estimate of drug-likeness (QED) is 0.910. The van der Waals surface area contributed by atoms with Crippen LogP contribution >= 0.6 is 0 Å². The number of amides is 3. The van der Waals surface area contributed by atoms with Gasteiger partial charge in [0.15, 0.2) is 0 Å². The number of carbonyl (C=O) groups excluding carboxylic acids is 2. The normalized spacial score (nSPS) is 15.5. The van der Waals surface area contributed by atoms with Crippen molar-refractivity contribution < 1.29 is 9.59 Å². The van der Waals surface area contributed by atoms with E-state index in [1.54, 1.807) is 16.7 Å².